The lowest BCUT2D eigenvalue weighted by Crippen LogP contribution is -2.49. The Hall–Kier alpha value is -3.98. The summed E-state index contributed by atoms with van der Waals surface area (Å²) < 4.78 is 5.37. The number of aliphatic hydroxyl groups excluding tert-OH is 1. The number of carboxylic acid groups (broad SMARTS) is 1. The fourth-order valence-electron chi connectivity index (χ4n) is 7.63. The summed E-state index contributed by atoms with van der Waals surface area (Å²) in [7, 11) is 0. The topological polar surface area (TPSA) is 127 Å². The summed E-state index contributed by atoms with van der Waals surface area (Å²) >= 11 is 9.57. The van der Waals surface area contributed by atoms with Gasteiger partial charge in [-0.2, -0.15) is 5.26 Å². The molecule has 1 saturated carbocycles. The predicted octanol–water partition coefficient (Wildman–Crippen LogP) is 6.45. The molecule has 3 atom stereocenters. The van der Waals surface area contributed by atoms with E-state index >= 15 is 0 Å². The number of halogens is 1. The molecule has 4 aromatic rings. The maximum absolute atomic E-state index is 11.6. The van der Waals surface area contributed by atoms with Gasteiger partial charge < -0.3 is 14.6 Å². The molecule has 0 bridgehead atoms. The van der Waals surface area contributed by atoms with Gasteiger partial charge >= 0.3 is 5.97 Å². The number of rotatable bonds is 10. The van der Waals surface area contributed by atoms with E-state index in [1.807, 2.05) is 49.5 Å². The number of likely N-dealkylation sites (tertiary alicyclic amines) is 2. The molecule has 11 heteroatoms. The van der Waals surface area contributed by atoms with Crippen molar-refractivity contribution in [1.82, 2.24) is 19.8 Å². The van der Waals surface area contributed by atoms with Crippen LogP contribution in [-0.4, -0.2) is 73.1 Å². The van der Waals surface area contributed by atoms with E-state index in [-0.39, 0.29) is 16.8 Å². The largest absolute Gasteiger partial charge is 0.481 e. The Morgan fingerprint density at radius 1 is 1.10 bits per heavy atom. The highest BCUT2D eigenvalue weighted by molar-refractivity contribution is 8.01. The average molecular weight is 708 g/mol. The number of alkyl halides is 1. The van der Waals surface area contributed by atoms with Gasteiger partial charge in [0.1, 0.15) is 16.3 Å². The van der Waals surface area contributed by atoms with Crippen molar-refractivity contribution in [3.05, 3.63) is 113 Å². The Morgan fingerprint density at radius 2 is 1.88 bits per heavy atom. The minimum Gasteiger partial charge on any atom is -0.481 e. The standard InChI is InChI=1S/C39H38ClN5O4S/c1-37(40)31(27-6-3-2-4-7-27)8-5-12-39(37,50-38(13-14-38)33-10-9-25(19-42-33)20-45-23-30(46)24-45)36-43-32-17-26(16-29(18-41)34(32)49-36)21-44-15-11-28(22-44)35(47)48/h2-10,12,16-17,19,28,30,46H,11,13-15,20-24H2,1H3,(H,47,48)/t28-,37?,39?/m1/s1. The van der Waals surface area contributed by atoms with Crippen molar-refractivity contribution in [1.29, 1.82) is 5.26 Å². The molecule has 2 saturated heterocycles. The van der Waals surface area contributed by atoms with Crippen molar-refractivity contribution in [2.45, 2.75) is 59.7 Å². The Balaban J connectivity index is 1.18. The number of hydrogen-bond donors (Lipinski definition) is 2. The van der Waals surface area contributed by atoms with Gasteiger partial charge in [-0.05, 0) is 73.2 Å². The van der Waals surface area contributed by atoms with Gasteiger partial charge in [-0.1, -0.05) is 54.6 Å². The van der Waals surface area contributed by atoms with Crippen molar-refractivity contribution in [2.24, 2.45) is 5.92 Å². The van der Waals surface area contributed by atoms with Gasteiger partial charge in [0, 0.05) is 38.9 Å². The quantitative estimate of drug-likeness (QED) is 0.178. The van der Waals surface area contributed by atoms with Crippen LogP contribution in [0.5, 0.6) is 0 Å². The van der Waals surface area contributed by atoms with Gasteiger partial charge in [-0.3, -0.25) is 19.6 Å². The van der Waals surface area contributed by atoms with Gasteiger partial charge in [-0.25, -0.2) is 4.98 Å². The Kier molecular flexibility index (Phi) is 8.40. The molecule has 0 amide bonds. The zero-order valence-electron chi connectivity index (χ0n) is 27.8. The molecule has 8 rings (SSSR count). The van der Waals surface area contributed by atoms with Crippen molar-refractivity contribution < 1.29 is 19.4 Å². The molecule has 2 aromatic heterocycles. The number of hydrogen-bond acceptors (Lipinski definition) is 9. The third-order valence-electron chi connectivity index (χ3n) is 10.6. The normalized spacial score (nSPS) is 26.4. The molecule has 3 fully saturated rings. The van der Waals surface area contributed by atoms with E-state index in [2.05, 4.69) is 52.3 Å². The van der Waals surface area contributed by atoms with Crippen LogP contribution in [0.4, 0.5) is 0 Å². The number of thioether (sulfide) groups is 1. The van der Waals surface area contributed by atoms with Crippen LogP contribution in [0.15, 0.2) is 83.4 Å². The van der Waals surface area contributed by atoms with E-state index in [0.29, 0.717) is 61.7 Å². The first-order chi connectivity index (χ1) is 24.1. The average Bonchev–Trinajstić information content (AvgIpc) is 3.49. The zero-order chi connectivity index (χ0) is 34.7. The highest BCUT2D eigenvalue weighted by atomic mass is 35.5. The lowest BCUT2D eigenvalue weighted by atomic mass is 9.78. The number of allylic oxidation sites excluding steroid dienone is 3. The van der Waals surface area contributed by atoms with Crippen molar-refractivity contribution in [3.63, 3.8) is 0 Å². The Bertz CT molecular complexity index is 2050. The molecule has 4 heterocycles. The summed E-state index contributed by atoms with van der Waals surface area (Å²) in [6.45, 7) is 5.83. The van der Waals surface area contributed by atoms with E-state index in [1.54, 1.807) is 11.8 Å². The van der Waals surface area contributed by atoms with Crippen LogP contribution in [0, 0.1) is 17.2 Å². The first-order valence-electron chi connectivity index (χ1n) is 17.1. The minimum absolute atomic E-state index is 0.243. The fraction of sp³-hybridized carbons (Fsp3) is 0.385. The lowest BCUT2D eigenvalue weighted by molar-refractivity contribution is -0.141. The number of oxazole rings is 1. The summed E-state index contributed by atoms with van der Waals surface area (Å²) in [6, 6.07) is 20.5. The SMILES string of the molecule is CC1(Cl)C(c2ccccc2)=CC=CC1(SC1(c2ccc(CN3CC(O)C3)cn2)CC1)c1nc2cc(CN3CC[C@@H](C(=O)O)C3)cc(C#N)c2o1. The minimum atomic E-state index is -1.01. The van der Waals surface area contributed by atoms with E-state index < -0.39 is 15.6 Å². The van der Waals surface area contributed by atoms with Gasteiger partial charge in [0.05, 0.1) is 32.9 Å². The number of β-amino-alcohol motifs (C(OH)–C–C–N with tert-alkyl or cyclic N) is 1. The molecule has 2 aromatic carbocycles. The number of aliphatic hydroxyl groups is 1. The summed E-state index contributed by atoms with van der Waals surface area (Å²) in [5, 5.41) is 29.5. The molecule has 50 heavy (non-hydrogen) atoms. The maximum Gasteiger partial charge on any atom is 0.307 e. The Labute approximate surface area is 300 Å². The molecule has 4 aliphatic rings. The van der Waals surface area contributed by atoms with Gasteiger partial charge in [0.15, 0.2) is 5.58 Å². The maximum atomic E-state index is 11.6. The second-order valence-electron chi connectivity index (χ2n) is 14.2. The predicted molar refractivity (Wildman–Crippen MR) is 193 cm³/mol. The number of nitriles is 1. The summed E-state index contributed by atoms with van der Waals surface area (Å²) in [5.74, 6) is -0.732. The molecule has 9 nitrogen and oxygen atoms in total. The molecule has 0 radical (unpaired) electrons. The number of carboxylic acids is 1. The van der Waals surface area contributed by atoms with Crippen molar-refractivity contribution in [3.8, 4) is 6.07 Å². The number of aliphatic carboxylic acids is 1. The molecule has 2 N–H and O–H groups in total. The number of carbonyl (C=O) groups is 1. The molecular formula is C39H38ClN5O4S. The van der Waals surface area contributed by atoms with Gasteiger partial charge in [-0.15, -0.1) is 23.4 Å². The van der Waals surface area contributed by atoms with Crippen LogP contribution in [0.2, 0.25) is 0 Å². The number of pyridine rings is 1. The smallest absolute Gasteiger partial charge is 0.307 e. The van der Waals surface area contributed by atoms with Crippen LogP contribution < -0.4 is 0 Å². The lowest BCUT2D eigenvalue weighted by Gasteiger charge is -2.45. The van der Waals surface area contributed by atoms with Crippen LogP contribution >= 0.6 is 23.4 Å². The second-order valence-corrected chi connectivity index (χ2v) is 16.6. The number of fused-ring (bicyclic) bond motifs is 1. The van der Waals surface area contributed by atoms with Crippen LogP contribution in [-0.2, 0) is 27.4 Å². The van der Waals surface area contributed by atoms with Crippen molar-refractivity contribution in [2.75, 3.05) is 26.2 Å². The molecule has 2 aliphatic carbocycles. The number of benzene rings is 2. The highest BCUT2D eigenvalue weighted by Crippen LogP contribution is 2.68. The van der Waals surface area contributed by atoms with E-state index in [1.165, 1.54) is 0 Å². The van der Waals surface area contributed by atoms with Gasteiger partial charge in [0.25, 0.3) is 0 Å². The third-order valence-corrected chi connectivity index (χ3v) is 13.3. The molecular weight excluding hydrogens is 670 g/mol. The van der Waals surface area contributed by atoms with E-state index in [9.17, 15) is 20.3 Å². The molecule has 0 spiro atoms. The molecule has 2 unspecified atom stereocenters. The van der Waals surface area contributed by atoms with Crippen LogP contribution in [0.25, 0.3) is 16.7 Å². The Morgan fingerprint density at radius 3 is 2.54 bits per heavy atom. The highest BCUT2D eigenvalue weighted by Gasteiger charge is 2.61. The third kappa shape index (κ3) is 5.85. The zero-order valence-corrected chi connectivity index (χ0v) is 29.3. The van der Waals surface area contributed by atoms with Crippen LogP contribution in [0.1, 0.15) is 60.0 Å². The second kappa shape index (κ2) is 12.7. The summed E-state index contributed by atoms with van der Waals surface area (Å²) in [6.07, 6.45) is 10.3. The first kappa shape index (κ1) is 33.2. The molecule has 2 aliphatic heterocycles. The summed E-state index contributed by atoms with van der Waals surface area (Å²) in [4.78, 5) is 25.0. The first-order valence-corrected chi connectivity index (χ1v) is 18.3. The number of aromatic nitrogens is 2. The number of nitrogens with zero attached hydrogens (tertiary/aromatic N) is 5. The molecule has 256 valence electrons. The summed E-state index contributed by atoms with van der Waals surface area (Å²) in [5.41, 5.74) is 6.28. The fourth-order valence-corrected chi connectivity index (χ4v) is 9.84. The van der Waals surface area contributed by atoms with E-state index in [4.69, 9.17) is 26.0 Å². The monoisotopic (exact) mass is 707 g/mol. The van der Waals surface area contributed by atoms with Gasteiger partial charge in [0.2, 0.25) is 5.89 Å². The van der Waals surface area contributed by atoms with E-state index in [0.717, 1.165) is 47.3 Å². The van der Waals surface area contributed by atoms with Crippen molar-refractivity contribution >= 4 is 46.0 Å². The van der Waals surface area contributed by atoms with Crippen LogP contribution in [0.3, 0.4) is 0 Å².